The van der Waals surface area contributed by atoms with Gasteiger partial charge in [-0.05, 0) is 32.1 Å². The molecule has 29 heavy (non-hydrogen) atoms. The molecule has 2 rings (SSSR count). The van der Waals surface area contributed by atoms with Gasteiger partial charge in [0, 0.05) is 32.8 Å². The number of aliphatic imine (C=N–C) groups is 1. The molecule has 11 heteroatoms. The molecule has 2 saturated heterocycles. The molecule has 0 amide bonds. The van der Waals surface area contributed by atoms with Crippen LogP contribution in [0.15, 0.2) is 4.99 Å². The van der Waals surface area contributed by atoms with Crippen molar-refractivity contribution in [1.82, 2.24) is 14.9 Å². The second-order valence-corrected chi connectivity index (χ2v) is 9.33. The maximum atomic E-state index is 12.2. The summed E-state index contributed by atoms with van der Waals surface area (Å²) in [5, 5.41) is 3.18. The van der Waals surface area contributed by atoms with E-state index in [1.807, 2.05) is 18.7 Å². The van der Waals surface area contributed by atoms with Gasteiger partial charge in [-0.1, -0.05) is 6.92 Å². The molecule has 170 valence electrons. The van der Waals surface area contributed by atoms with E-state index in [4.69, 9.17) is 9.47 Å². The predicted molar refractivity (Wildman–Crippen MR) is 123 cm³/mol. The third kappa shape index (κ3) is 8.54. The fourth-order valence-corrected chi connectivity index (χ4v) is 4.47. The highest BCUT2D eigenvalue weighted by molar-refractivity contribution is 14.0. The lowest BCUT2D eigenvalue weighted by Crippen LogP contribution is -2.41. The summed E-state index contributed by atoms with van der Waals surface area (Å²) in [6.45, 7) is 6.98. The van der Waals surface area contributed by atoms with Gasteiger partial charge in [0.05, 0.1) is 31.4 Å². The van der Waals surface area contributed by atoms with Crippen LogP contribution >= 0.6 is 24.0 Å². The first kappa shape index (κ1) is 26.4. The number of rotatable bonds is 8. The molecule has 2 fully saturated rings. The highest BCUT2D eigenvalue weighted by atomic mass is 127. The number of guanidine groups is 1. The largest absolute Gasteiger partial charge is 0.469 e. The van der Waals surface area contributed by atoms with Crippen LogP contribution < -0.4 is 10.0 Å². The van der Waals surface area contributed by atoms with Crippen molar-refractivity contribution in [2.45, 2.75) is 39.2 Å². The van der Waals surface area contributed by atoms with Crippen LogP contribution in [-0.4, -0.2) is 83.5 Å². The van der Waals surface area contributed by atoms with E-state index in [0.717, 1.165) is 19.3 Å². The summed E-state index contributed by atoms with van der Waals surface area (Å²) in [5.41, 5.74) is 0. The van der Waals surface area contributed by atoms with Gasteiger partial charge in [-0.2, -0.15) is 0 Å². The molecule has 0 bridgehead atoms. The third-order valence-electron chi connectivity index (χ3n) is 5.18. The summed E-state index contributed by atoms with van der Waals surface area (Å²) in [7, 11) is -2.02. The van der Waals surface area contributed by atoms with Crippen LogP contribution in [0.2, 0.25) is 0 Å². The maximum absolute atomic E-state index is 12.2. The van der Waals surface area contributed by atoms with Crippen molar-refractivity contribution >= 4 is 45.9 Å². The van der Waals surface area contributed by atoms with E-state index in [-0.39, 0.29) is 60.2 Å². The molecule has 0 saturated carbocycles. The lowest BCUT2D eigenvalue weighted by atomic mass is 9.99. The van der Waals surface area contributed by atoms with Crippen LogP contribution in [0.3, 0.4) is 0 Å². The minimum absolute atomic E-state index is 0. The Kier molecular flexibility index (Phi) is 11.7. The van der Waals surface area contributed by atoms with Crippen molar-refractivity contribution in [1.29, 1.82) is 0 Å². The highest BCUT2D eigenvalue weighted by Gasteiger charge is 2.36. The van der Waals surface area contributed by atoms with Crippen molar-refractivity contribution in [2.75, 3.05) is 52.2 Å². The Balaban J connectivity index is 0.00000420. The van der Waals surface area contributed by atoms with Gasteiger partial charge in [-0.15, -0.1) is 24.0 Å². The molecule has 0 radical (unpaired) electrons. The topological polar surface area (TPSA) is 109 Å². The van der Waals surface area contributed by atoms with E-state index >= 15 is 0 Å². The van der Waals surface area contributed by atoms with E-state index in [2.05, 4.69) is 15.0 Å². The number of nitrogens with one attached hydrogen (secondary N) is 2. The van der Waals surface area contributed by atoms with Crippen LogP contribution in [0.1, 0.15) is 33.1 Å². The number of likely N-dealkylation sites (tertiary alicyclic amines) is 1. The lowest BCUT2D eigenvalue weighted by Gasteiger charge is -2.23. The second kappa shape index (κ2) is 12.9. The Morgan fingerprint density at radius 1 is 1.31 bits per heavy atom. The van der Waals surface area contributed by atoms with Gasteiger partial charge >= 0.3 is 5.97 Å². The fourth-order valence-electron chi connectivity index (χ4n) is 3.56. The van der Waals surface area contributed by atoms with Crippen molar-refractivity contribution < 1.29 is 22.7 Å². The monoisotopic (exact) mass is 546 g/mol. The molecular weight excluding hydrogens is 511 g/mol. The average Bonchev–Trinajstić information content (AvgIpc) is 3.07. The number of halogens is 1. The number of carbonyl (C=O) groups is 1. The predicted octanol–water partition coefficient (Wildman–Crippen LogP) is 0.799. The minimum atomic E-state index is -3.41. The molecule has 3 atom stereocenters. The number of hydrogen-bond acceptors (Lipinski definition) is 6. The molecule has 2 aliphatic rings. The van der Waals surface area contributed by atoms with Crippen LogP contribution in [0.4, 0.5) is 0 Å². The van der Waals surface area contributed by atoms with Crippen molar-refractivity contribution in [3.63, 3.8) is 0 Å². The zero-order chi connectivity index (χ0) is 20.6. The Morgan fingerprint density at radius 3 is 2.69 bits per heavy atom. The van der Waals surface area contributed by atoms with Gasteiger partial charge in [-0.3, -0.25) is 9.79 Å². The Labute approximate surface area is 191 Å². The fraction of sp³-hybridized carbons (Fsp3) is 0.889. The van der Waals surface area contributed by atoms with Crippen molar-refractivity contribution in [2.24, 2.45) is 16.8 Å². The molecule has 0 aromatic heterocycles. The third-order valence-corrected chi connectivity index (χ3v) is 6.50. The molecule has 0 aliphatic carbocycles. The summed E-state index contributed by atoms with van der Waals surface area (Å²) in [5.74, 6) is 0.277. The van der Waals surface area contributed by atoms with Gasteiger partial charge in [0.15, 0.2) is 5.96 Å². The summed E-state index contributed by atoms with van der Waals surface area (Å²) >= 11 is 0. The molecule has 3 unspecified atom stereocenters. The number of ether oxygens (including phenoxy) is 2. The number of hydrogen-bond donors (Lipinski definition) is 2. The van der Waals surface area contributed by atoms with Crippen molar-refractivity contribution in [3.05, 3.63) is 0 Å². The quantitative estimate of drug-likeness (QED) is 0.201. The van der Waals surface area contributed by atoms with Crippen molar-refractivity contribution in [3.8, 4) is 0 Å². The van der Waals surface area contributed by atoms with E-state index < -0.39 is 10.0 Å². The Morgan fingerprint density at radius 2 is 2.07 bits per heavy atom. The van der Waals surface area contributed by atoms with Gasteiger partial charge in [-0.25, -0.2) is 13.1 Å². The van der Waals surface area contributed by atoms with Gasteiger partial charge < -0.3 is 19.7 Å². The summed E-state index contributed by atoms with van der Waals surface area (Å²) in [4.78, 5) is 18.3. The molecule has 0 spiro atoms. The van der Waals surface area contributed by atoms with Crippen LogP contribution in [0.5, 0.6) is 0 Å². The van der Waals surface area contributed by atoms with E-state index in [9.17, 15) is 13.2 Å². The summed E-state index contributed by atoms with van der Waals surface area (Å²) in [6, 6.07) is 0. The van der Waals surface area contributed by atoms with Crippen LogP contribution in [-0.2, 0) is 24.3 Å². The average molecular weight is 546 g/mol. The Hall–Kier alpha value is -0.660. The number of methoxy groups -OCH3 is 1. The molecule has 2 N–H and O–H groups in total. The zero-order valence-electron chi connectivity index (χ0n) is 17.6. The second-order valence-electron chi connectivity index (χ2n) is 7.40. The summed E-state index contributed by atoms with van der Waals surface area (Å²) < 4.78 is 37.5. The van der Waals surface area contributed by atoms with Gasteiger partial charge in [0.2, 0.25) is 10.0 Å². The molecule has 9 nitrogen and oxygen atoms in total. The lowest BCUT2D eigenvalue weighted by molar-refractivity contribution is -0.145. The number of nitrogens with zero attached hydrogens (tertiary/aromatic N) is 2. The molecular formula is C18H35IN4O5S. The van der Waals surface area contributed by atoms with Crippen LogP contribution in [0.25, 0.3) is 0 Å². The first-order valence-electron chi connectivity index (χ1n) is 10.1. The smallest absolute Gasteiger partial charge is 0.310 e. The van der Waals surface area contributed by atoms with Gasteiger partial charge in [0.1, 0.15) is 0 Å². The maximum Gasteiger partial charge on any atom is 0.310 e. The standard InChI is InChI=1S/C18H34N4O5S.HI/c1-4-19-18(22-12-14(2)16(13-22)17(23)26-3)20-8-10-28(24,25)21-11-15-7-5-6-9-27-15;/h14-16,21H,4-13H2,1-3H3,(H,19,20);1H. The zero-order valence-corrected chi connectivity index (χ0v) is 20.7. The number of sulfonamides is 1. The normalized spacial score (nSPS) is 25.4. The number of esters is 1. The Bertz CT molecular complexity index is 640. The first-order valence-corrected chi connectivity index (χ1v) is 11.7. The number of carbonyl (C=O) groups excluding carboxylic acids is 1. The molecule has 0 aromatic carbocycles. The molecule has 2 heterocycles. The summed E-state index contributed by atoms with van der Waals surface area (Å²) in [6.07, 6.45) is 2.96. The highest BCUT2D eigenvalue weighted by Crippen LogP contribution is 2.24. The minimum Gasteiger partial charge on any atom is -0.469 e. The first-order chi connectivity index (χ1) is 13.4. The molecule has 0 aromatic rings. The molecule has 2 aliphatic heterocycles. The van der Waals surface area contributed by atoms with Gasteiger partial charge in [0.25, 0.3) is 0 Å². The van der Waals surface area contributed by atoms with E-state index in [1.165, 1.54) is 7.11 Å². The SMILES string of the molecule is CCNC(=NCCS(=O)(=O)NCC1CCCCO1)N1CC(C)C(C(=O)OC)C1.I. The van der Waals surface area contributed by atoms with E-state index in [1.54, 1.807) is 0 Å². The van der Waals surface area contributed by atoms with E-state index in [0.29, 0.717) is 38.7 Å². The van der Waals surface area contributed by atoms with Crippen LogP contribution in [0, 0.1) is 11.8 Å².